The predicted molar refractivity (Wildman–Crippen MR) is 82.9 cm³/mol. The molecule has 1 atom stereocenters. The molecule has 2 aromatic rings. The molecule has 1 N–H and O–H groups in total. The van der Waals surface area contributed by atoms with Crippen molar-refractivity contribution in [3.63, 3.8) is 0 Å². The summed E-state index contributed by atoms with van der Waals surface area (Å²) >= 11 is 7.48. The van der Waals surface area contributed by atoms with Crippen molar-refractivity contribution >= 4 is 23.4 Å². The molecule has 0 aliphatic carbocycles. The van der Waals surface area contributed by atoms with Crippen LogP contribution in [-0.4, -0.2) is 10.9 Å². The van der Waals surface area contributed by atoms with Crippen molar-refractivity contribution in [2.24, 2.45) is 0 Å². The molecule has 0 aromatic heterocycles. The van der Waals surface area contributed by atoms with Crippen LogP contribution in [0.3, 0.4) is 0 Å². The number of hydrogen-bond donors (Lipinski definition) is 1. The number of hydrogen-bond acceptors (Lipinski definition) is 2. The highest BCUT2D eigenvalue weighted by Crippen LogP contribution is 2.25. The predicted octanol–water partition coefficient (Wildman–Crippen LogP) is 4.87. The molecule has 1 nitrogen and oxygen atoms in total. The van der Waals surface area contributed by atoms with Crippen LogP contribution >= 0.6 is 23.4 Å². The third-order valence-electron chi connectivity index (χ3n) is 3.02. The number of halogens is 2. The minimum Gasteiger partial charge on any atom is -0.388 e. The van der Waals surface area contributed by atoms with Crippen molar-refractivity contribution in [1.82, 2.24) is 0 Å². The molecule has 0 saturated heterocycles. The van der Waals surface area contributed by atoms with E-state index < -0.39 is 11.9 Å². The quantitative estimate of drug-likeness (QED) is 0.795. The van der Waals surface area contributed by atoms with Gasteiger partial charge >= 0.3 is 0 Å². The minimum atomic E-state index is -0.733. The first-order valence-corrected chi connectivity index (χ1v) is 7.82. The van der Waals surface area contributed by atoms with Crippen molar-refractivity contribution in [3.8, 4) is 0 Å². The topological polar surface area (TPSA) is 20.2 Å². The molecular formula is C16H16ClFOS. The number of aliphatic hydroxyl groups excluding tert-OH is 1. The fourth-order valence-electron chi connectivity index (χ4n) is 1.99. The van der Waals surface area contributed by atoms with E-state index in [4.69, 9.17) is 11.6 Å². The Labute approximate surface area is 127 Å². The SMILES string of the molecule is CCSc1ccc(C(O)Cc2cccc(Cl)c2F)cc1. The molecule has 0 bridgehead atoms. The number of aliphatic hydroxyl groups is 1. The molecule has 2 rings (SSSR count). The van der Waals surface area contributed by atoms with Gasteiger partial charge in [0.25, 0.3) is 0 Å². The molecular weight excluding hydrogens is 295 g/mol. The van der Waals surface area contributed by atoms with Crippen molar-refractivity contribution in [2.75, 3.05) is 5.75 Å². The van der Waals surface area contributed by atoms with E-state index in [1.54, 1.807) is 23.9 Å². The molecule has 0 aliphatic heterocycles. The summed E-state index contributed by atoms with van der Waals surface area (Å²) in [5.41, 5.74) is 1.21. The second kappa shape index (κ2) is 7.11. The van der Waals surface area contributed by atoms with Crippen molar-refractivity contribution in [3.05, 3.63) is 64.4 Å². The van der Waals surface area contributed by atoms with E-state index >= 15 is 0 Å². The lowest BCUT2D eigenvalue weighted by Crippen LogP contribution is -2.03. The van der Waals surface area contributed by atoms with Gasteiger partial charge in [0.1, 0.15) is 5.82 Å². The first-order chi connectivity index (χ1) is 9.61. The highest BCUT2D eigenvalue weighted by Gasteiger charge is 2.13. The van der Waals surface area contributed by atoms with E-state index in [9.17, 15) is 9.50 Å². The van der Waals surface area contributed by atoms with Gasteiger partial charge < -0.3 is 5.11 Å². The molecule has 4 heteroatoms. The normalized spacial score (nSPS) is 12.4. The number of thioether (sulfide) groups is 1. The van der Waals surface area contributed by atoms with Crippen LogP contribution in [0, 0.1) is 5.82 Å². The van der Waals surface area contributed by atoms with Crippen LogP contribution in [0.25, 0.3) is 0 Å². The van der Waals surface area contributed by atoms with Crippen LogP contribution in [0.1, 0.15) is 24.2 Å². The van der Waals surface area contributed by atoms with E-state index in [-0.39, 0.29) is 11.4 Å². The first kappa shape index (κ1) is 15.4. The molecule has 106 valence electrons. The zero-order chi connectivity index (χ0) is 14.5. The van der Waals surface area contributed by atoms with E-state index in [1.807, 2.05) is 24.3 Å². The van der Waals surface area contributed by atoms with E-state index in [1.165, 1.54) is 6.07 Å². The van der Waals surface area contributed by atoms with Crippen LogP contribution in [0.4, 0.5) is 4.39 Å². The zero-order valence-electron chi connectivity index (χ0n) is 11.1. The summed E-state index contributed by atoms with van der Waals surface area (Å²) in [6.45, 7) is 2.09. The molecule has 0 fully saturated rings. The number of benzene rings is 2. The first-order valence-electron chi connectivity index (χ1n) is 6.45. The Kier molecular flexibility index (Phi) is 5.46. The van der Waals surface area contributed by atoms with Crippen molar-refractivity contribution in [1.29, 1.82) is 0 Å². The summed E-state index contributed by atoms with van der Waals surface area (Å²) in [7, 11) is 0. The molecule has 0 radical (unpaired) electrons. The molecule has 0 heterocycles. The van der Waals surface area contributed by atoms with Crippen LogP contribution in [0.15, 0.2) is 47.4 Å². The lowest BCUT2D eigenvalue weighted by atomic mass is 10.0. The Bertz CT molecular complexity index is 571. The molecule has 2 aromatic carbocycles. The van der Waals surface area contributed by atoms with Gasteiger partial charge in [0.05, 0.1) is 11.1 Å². The lowest BCUT2D eigenvalue weighted by Gasteiger charge is -2.12. The van der Waals surface area contributed by atoms with Gasteiger partial charge in [0.15, 0.2) is 0 Å². The summed E-state index contributed by atoms with van der Waals surface area (Å²) in [4.78, 5) is 1.16. The van der Waals surface area contributed by atoms with Gasteiger partial charge in [-0.1, -0.05) is 42.8 Å². The van der Waals surface area contributed by atoms with Crippen LogP contribution < -0.4 is 0 Å². The highest BCUT2D eigenvalue weighted by molar-refractivity contribution is 7.99. The van der Waals surface area contributed by atoms with Gasteiger partial charge in [0, 0.05) is 11.3 Å². The molecule has 0 aliphatic rings. The maximum Gasteiger partial charge on any atom is 0.145 e. The fourth-order valence-corrected chi connectivity index (χ4v) is 2.84. The molecule has 1 unspecified atom stereocenters. The second-order valence-electron chi connectivity index (χ2n) is 4.43. The van der Waals surface area contributed by atoms with Crippen molar-refractivity contribution in [2.45, 2.75) is 24.3 Å². The van der Waals surface area contributed by atoms with Crippen LogP contribution in [0.2, 0.25) is 5.02 Å². The van der Waals surface area contributed by atoms with Crippen LogP contribution in [-0.2, 0) is 6.42 Å². The average Bonchev–Trinajstić information content (AvgIpc) is 2.45. The Balaban J connectivity index is 2.11. The Hall–Kier alpha value is -1.03. The monoisotopic (exact) mass is 310 g/mol. The molecule has 0 amide bonds. The van der Waals surface area contributed by atoms with Gasteiger partial charge in [-0.2, -0.15) is 0 Å². The third kappa shape index (κ3) is 3.75. The Morgan fingerprint density at radius 3 is 2.55 bits per heavy atom. The maximum atomic E-state index is 13.8. The second-order valence-corrected chi connectivity index (χ2v) is 6.18. The fraction of sp³-hybridized carbons (Fsp3) is 0.250. The Morgan fingerprint density at radius 1 is 1.20 bits per heavy atom. The van der Waals surface area contributed by atoms with Gasteiger partial charge in [-0.25, -0.2) is 4.39 Å². The highest BCUT2D eigenvalue weighted by atomic mass is 35.5. The Morgan fingerprint density at radius 2 is 1.90 bits per heavy atom. The lowest BCUT2D eigenvalue weighted by molar-refractivity contribution is 0.177. The summed E-state index contributed by atoms with van der Waals surface area (Å²) < 4.78 is 13.8. The smallest absolute Gasteiger partial charge is 0.145 e. The standard InChI is InChI=1S/C16H16ClFOS/c1-2-20-13-8-6-11(7-9-13)15(19)10-12-4-3-5-14(17)16(12)18/h3-9,15,19H,2,10H2,1H3. The zero-order valence-corrected chi connectivity index (χ0v) is 12.7. The van der Waals surface area contributed by atoms with Gasteiger partial charge in [-0.15, -0.1) is 11.8 Å². The van der Waals surface area contributed by atoms with Crippen molar-refractivity contribution < 1.29 is 9.50 Å². The summed E-state index contributed by atoms with van der Waals surface area (Å²) in [5, 5.41) is 10.3. The number of rotatable bonds is 5. The van der Waals surface area contributed by atoms with Crippen LogP contribution in [0.5, 0.6) is 0 Å². The van der Waals surface area contributed by atoms with Gasteiger partial charge in [-0.05, 0) is 35.1 Å². The van der Waals surface area contributed by atoms with Gasteiger partial charge in [-0.3, -0.25) is 0 Å². The van der Waals surface area contributed by atoms with E-state index in [0.29, 0.717) is 5.56 Å². The molecule has 0 spiro atoms. The third-order valence-corrected chi connectivity index (χ3v) is 4.21. The summed E-state index contributed by atoms with van der Waals surface area (Å²) in [6.07, 6.45) is -0.518. The maximum absolute atomic E-state index is 13.8. The average molecular weight is 311 g/mol. The molecule has 20 heavy (non-hydrogen) atoms. The largest absolute Gasteiger partial charge is 0.388 e. The summed E-state index contributed by atoms with van der Waals surface area (Å²) in [5.74, 6) is 0.557. The van der Waals surface area contributed by atoms with Gasteiger partial charge in [0.2, 0.25) is 0 Å². The van der Waals surface area contributed by atoms with E-state index in [2.05, 4.69) is 6.92 Å². The minimum absolute atomic E-state index is 0.0874. The summed E-state index contributed by atoms with van der Waals surface area (Å²) in [6, 6.07) is 12.5. The van der Waals surface area contributed by atoms with E-state index in [0.717, 1.165) is 16.2 Å². The molecule has 0 saturated carbocycles.